The molecule has 6 fully saturated rings. The van der Waals surface area contributed by atoms with Crippen molar-refractivity contribution in [1.82, 2.24) is 20.1 Å². The third-order valence-corrected chi connectivity index (χ3v) is 9.81. The van der Waals surface area contributed by atoms with E-state index in [0.29, 0.717) is 17.7 Å². The zero-order valence-corrected chi connectivity index (χ0v) is 19.9. The maximum Gasteiger partial charge on any atom is 0.228 e. The number of H-pyrrole nitrogens is 1. The Kier molecular flexibility index (Phi) is 4.39. The fourth-order valence-electron chi connectivity index (χ4n) is 8.44. The summed E-state index contributed by atoms with van der Waals surface area (Å²) in [6.45, 7) is 3.92. The Hall–Kier alpha value is -2.17. The topological polar surface area (TPSA) is 61.9 Å². The van der Waals surface area contributed by atoms with E-state index in [2.05, 4.69) is 46.3 Å². The normalized spacial score (nSPS) is 35.8. The van der Waals surface area contributed by atoms with E-state index in [1.807, 2.05) is 0 Å². The SMILES string of the molecule is Cc1ccc(C23CC4CC(CC(C(=O)N5CCC(c6nc(C7CC7)n[nH]6)CC5)(C4)C2)C3)cc1. The van der Waals surface area contributed by atoms with Gasteiger partial charge in [-0.05, 0) is 93.9 Å². The van der Waals surface area contributed by atoms with Gasteiger partial charge in [0.25, 0.3) is 0 Å². The molecule has 0 spiro atoms. The zero-order valence-electron chi connectivity index (χ0n) is 19.9. The van der Waals surface area contributed by atoms with Crippen molar-refractivity contribution < 1.29 is 4.79 Å². The van der Waals surface area contributed by atoms with Crippen LogP contribution in [0.4, 0.5) is 0 Å². The van der Waals surface area contributed by atoms with Crippen LogP contribution in [0.5, 0.6) is 0 Å². The van der Waals surface area contributed by atoms with Gasteiger partial charge in [-0.2, -0.15) is 5.10 Å². The molecule has 5 saturated carbocycles. The minimum atomic E-state index is -0.118. The monoisotopic (exact) mass is 444 g/mol. The van der Waals surface area contributed by atoms with Crippen molar-refractivity contribution in [3.63, 3.8) is 0 Å². The Morgan fingerprint density at radius 1 is 0.970 bits per heavy atom. The molecule has 5 nitrogen and oxygen atoms in total. The lowest BCUT2D eigenvalue weighted by Crippen LogP contribution is -2.60. The average Bonchev–Trinajstić information content (AvgIpc) is 3.55. The molecule has 33 heavy (non-hydrogen) atoms. The molecule has 1 saturated heterocycles. The molecule has 6 aliphatic rings. The third-order valence-electron chi connectivity index (χ3n) is 9.81. The minimum Gasteiger partial charge on any atom is -0.342 e. The van der Waals surface area contributed by atoms with Crippen LogP contribution in [0.3, 0.4) is 0 Å². The number of hydrogen-bond donors (Lipinski definition) is 1. The van der Waals surface area contributed by atoms with Crippen LogP contribution in [-0.2, 0) is 10.2 Å². The van der Waals surface area contributed by atoms with E-state index in [4.69, 9.17) is 4.98 Å². The van der Waals surface area contributed by atoms with Crippen LogP contribution in [0.25, 0.3) is 0 Å². The molecule has 174 valence electrons. The summed E-state index contributed by atoms with van der Waals surface area (Å²) < 4.78 is 0. The lowest BCUT2D eigenvalue weighted by Gasteiger charge is -2.62. The molecule has 1 aromatic carbocycles. The second-order valence-electron chi connectivity index (χ2n) is 12.3. The summed E-state index contributed by atoms with van der Waals surface area (Å²) in [5.74, 6) is 5.00. The molecule has 1 aliphatic heterocycles. The molecular formula is C28H36N4O. The summed E-state index contributed by atoms with van der Waals surface area (Å²) in [5, 5.41) is 7.67. The number of carbonyl (C=O) groups is 1. The molecule has 2 unspecified atom stereocenters. The van der Waals surface area contributed by atoms with E-state index >= 15 is 0 Å². The van der Waals surface area contributed by atoms with Crippen molar-refractivity contribution in [2.75, 3.05) is 13.1 Å². The van der Waals surface area contributed by atoms with Crippen molar-refractivity contribution in [1.29, 1.82) is 0 Å². The second kappa shape index (κ2) is 7.16. The van der Waals surface area contributed by atoms with E-state index in [1.54, 1.807) is 0 Å². The van der Waals surface area contributed by atoms with Gasteiger partial charge < -0.3 is 4.90 Å². The van der Waals surface area contributed by atoms with Crippen molar-refractivity contribution >= 4 is 5.91 Å². The second-order valence-corrected chi connectivity index (χ2v) is 12.3. The molecule has 2 atom stereocenters. The summed E-state index contributed by atoms with van der Waals surface area (Å²) in [5.41, 5.74) is 2.93. The Morgan fingerprint density at radius 3 is 2.33 bits per heavy atom. The number of nitrogens with zero attached hydrogens (tertiary/aromatic N) is 3. The lowest BCUT2D eigenvalue weighted by atomic mass is 9.42. The number of nitrogens with one attached hydrogen (secondary N) is 1. The predicted molar refractivity (Wildman–Crippen MR) is 127 cm³/mol. The molecule has 4 bridgehead atoms. The molecule has 5 heteroatoms. The minimum absolute atomic E-state index is 0.118. The summed E-state index contributed by atoms with van der Waals surface area (Å²) >= 11 is 0. The number of hydrogen-bond acceptors (Lipinski definition) is 3. The highest BCUT2D eigenvalue weighted by Crippen LogP contribution is 2.66. The van der Waals surface area contributed by atoms with Crippen molar-refractivity contribution in [2.24, 2.45) is 17.3 Å². The largest absolute Gasteiger partial charge is 0.342 e. The van der Waals surface area contributed by atoms with Gasteiger partial charge in [-0.1, -0.05) is 29.8 Å². The van der Waals surface area contributed by atoms with Gasteiger partial charge in [-0.25, -0.2) is 4.98 Å². The number of aryl methyl sites for hydroxylation is 1. The molecule has 2 aromatic rings. The van der Waals surface area contributed by atoms with Gasteiger partial charge in [0.2, 0.25) is 5.91 Å². The highest BCUT2D eigenvalue weighted by molar-refractivity contribution is 5.84. The average molecular weight is 445 g/mol. The molecule has 1 N–H and O–H groups in total. The van der Waals surface area contributed by atoms with Gasteiger partial charge in [0, 0.05) is 24.9 Å². The maximum atomic E-state index is 14.1. The molecule has 1 amide bonds. The Morgan fingerprint density at radius 2 is 1.67 bits per heavy atom. The van der Waals surface area contributed by atoms with E-state index in [9.17, 15) is 4.79 Å². The standard InChI is InChI=1S/C28H36N4O/c1-18-2-6-23(7-3-18)27-13-19-12-20(14-27)16-28(15-19,17-27)26(33)32-10-8-22(9-11-32)25-29-24(30-31-25)21-4-5-21/h2-3,6-7,19-22H,4-5,8-17H2,1H3,(H,29,30,31). The number of aromatic nitrogens is 3. The van der Waals surface area contributed by atoms with Gasteiger partial charge in [0.05, 0.1) is 5.41 Å². The van der Waals surface area contributed by atoms with Crippen molar-refractivity contribution in [3.8, 4) is 0 Å². The smallest absolute Gasteiger partial charge is 0.228 e. The lowest BCUT2D eigenvalue weighted by molar-refractivity contribution is -0.161. The number of piperidine rings is 1. The highest BCUT2D eigenvalue weighted by atomic mass is 16.2. The van der Waals surface area contributed by atoms with E-state index < -0.39 is 0 Å². The van der Waals surface area contributed by atoms with Gasteiger partial charge in [0.1, 0.15) is 5.82 Å². The van der Waals surface area contributed by atoms with Crippen LogP contribution < -0.4 is 0 Å². The first kappa shape index (κ1) is 20.2. The summed E-state index contributed by atoms with van der Waals surface area (Å²) in [7, 11) is 0. The molecular weight excluding hydrogens is 408 g/mol. The van der Waals surface area contributed by atoms with Gasteiger partial charge in [-0.3, -0.25) is 9.89 Å². The van der Waals surface area contributed by atoms with Crippen molar-refractivity contribution in [3.05, 3.63) is 47.0 Å². The first-order chi connectivity index (χ1) is 16.0. The number of aromatic amines is 1. The fourth-order valence-corrected chi connectivity index (χ4v) is 8.44. The number of carbonyl (C=O) groups excluding carboxylic acids is 1. The summed E-state index contributed by atoms with van der Waals surface area (Å²) in [4.78, 5) is 21.1. The maximum absolute atomic E-state index is 14.1. The fraction of sp³-hybridized carbons (Fsp3) is 0.679. The molecule has 2 heterocycles. The summed E-state index contributed by atoms with van der Waals surface area (Å²) in [6, 6.07) is 9.26. The number of amides is 1. The molecule has 0 radical (unpaired) electrons. The van der Waals surface area contributed by atoms with Crippen LogP contribution in [-0.4, -0.2) is 39.1 Å². The van der Waals surface area contributed by atoms with E-state index in [-0.39, 0.29) is 10.8 Å². The Bertz CT molecular complexity index is 1050. The first-order valence-corrected chi connectivity index (χ1v) is 13.3. The molecule has 1 aromatic heterocycles. The van der Waals surface area contributed by atoms with E-state index in [0.717, 1.165) is 68.7 Å². The number of likely N-dealkylation sites (tertiary alicyclic amines) is 1. The van der Waals surface area contributed by atoms with Gasteiger partial charge in [0.15, 0.2) is 5.82 Å². The van der Waals surface area contributed by atoms with Crippen LogP contribution in [0.2, 0.25) is 0 Å². The zero-order chi connectivity index (χ0) is 22.2. The number of rotatable bonds is 4. The number of benzene rings is 1. The molecule has 8 rings (SSSR count). The van der Waals surface area contributed by atoms with E-state index in [1.165, 1.54) is 43.2 Å². The Balaban J connectivity index is 1.09. The predicted octanol–water partition coefficient (Wildman–Crippen LogP) is 5.23. The van der Waals surface area contributed by atoms with Crippen LogP contribution in [0.1, 0.15) is 98.8 Å². The first-order valence-electron chi connectivity index (χ1n) is 13.3. The van der Waals surface area contributed by atoms with Gasteiger partial charge >= 0.3 is 0 Å². The van der Waals surface area contributed by atoms with Gasteiger partial charge in [-0.15, -0.1) is 0 Å². The quantitative estimate of drug-likeness (QED) is 0.702. The third kappa shape index (κ3) is 3.29. The Labute approximate surface area is 196 Å². The summed E-state index contributed by atoms with van der Waals surface area (Å²) in [6.07, 6.45) is 11.7. The molecule has 5 aliphatic carbocycles. The van der Waals surface area contributed by atoms with Crippen LogP contribution in [0.15, 0.2) is 24.3 Å². The van der Waals surface area contributed by atoms with Crippen LogP contribution in [0, 0.1) is 24.2 Å². The van der Waals surface area contributed by atoms with Crippen LogP contribution >= 0.6 is 0 Å². The van der Waals surface area contributed by atoms with Crippen molar-refractivity contribution in [2.45, 2.75) is 88.4 Å². The highest BCUT2D eigenvalue weighted by Gasteiger charge is 2.61.